The van der Waals surface area contributed by atoms with E-state index in [2.05, 4.69) is 22.8 Å². The van der Waals surface area contributed by atoms with Crippen molar-refractivity contribution in [3.63, 3.8) is 0 Å². The zero-order valence-corrected chi connectivity index (χ0v) is 11.2. The molecular formula is C16H18N2O2. The number of hydrogen-bond acceptors (Lipinski definition) is 3. The third-order valence-corrected chi connectivity index (χ3v) is 2.70. The van der Waals surface area contributed by atoms with E-state index < -0.39 is 6.09 Å². The van der Waals surface area contributed by atoms with Crippen LogP contribution in [-0.2, 0) is 11.3 Å². The molecule has 2 N–H and O–H groups in total. The summed E-state index contributed by atoms with van der Waals surface area (Å²) in [6.45, 7) is 1.73. The van der Waals surface area contributed by atoms with Gasteiger partial charge in [0.2, 0.25) is 0 Å². The summed E-state index contributed by atoms with van der Waals surface area (Å²) in [6.07, 6.45) is -0.433. The van der Waals surface area contributed by atoms with Gasteiger partial charge in [0.15, 0.2) is 0 Å². The quantitative estimate of drug-likeness (QED) is 0.793. The van der Waals surface area contributed by atoms with Crippen molar-refractivity contribution in [1.29, 1.82) is 0 Å². The van der Waals surface area contributed by atoms with Gasteiger partial charge in [0.1, 0.15) is 6.61 Å². The van der Waals surface area contributed by atoms with Crippen LogP contribution in [-0.4, -0.2) is 19.2 Å². The lowest BCUT2D eigenvalue weighted by Crippen LogP contribution is -2.23. The Balaban J connectivity index is 1.58. The number of benzene rings is 2. The Morgan fingerprint density at radius 1 is 0.950 bits per heavy atom. The number of anilines is 1. The number of carbonyl (C=O) groups is 1. The average molecular weight is 270 g/mol. The molecule has 0 saturated carbocycles. The number of rotatable bonds is 6. The minimum atomic E-state index is -0.433. The van der Waals surface area contributed by atoms with Crippen LogP contribution in [0.5, 0.6) is 0 Å². The van der Waals surface area contributed by atoms with Crippen LogP contribution in [0.15, 0.2) is 60.7 Å². The van der Waals surface area contributed by atoms with Crippen LogP contribution in [0.2, 0.25) is 0 Å². The van der Waals surface area contributed by atoms with Crippen LogP contribution in [0.3, 0.4) is 0 Å². The molecule has 2 aromatic carbocycles. The first-order valence-electron chi connectivity index (χ1n) is 6.58. The minimum absolute atomic E-state index is 0.339. The van der Waals surface area contributed by atoms with Crippen molar-refractivity contribution in [3.8, 4) is 0 Å². The van der Waals surface area contributed by atoms with Crippen molar-refractivity contribution in [2.24, 2.45) is 0 Å². The second kappa shape index (κ2) is 7.96. The molecule has 2 aromatic rings. The van der Waals surface area contributed by atoms with Crippen LogP contribution >= 0.6 is 0 Å². The Labute approximate surface area is 118 Å². The molecule has 0 aromatic heterocycles. The van der Waals surface area contributed by atoms with Gasteiger partial charge in [0.25, 0.3) is 0 Å². The van der Waals surface area contributed by atoms with Crippen molar-refractivity contribution in [1.82, 2.24) is 5.32 Å². The van der Waals surface area contributed by atoms with Gasteiger partial charge in [0.05, 0.1) is 0 Å². The van der Waals surface area contributed by atoms with Crippen molar-refractivity contribution < 1.29 is 9.53 Å². The third kappa shape index (κ3) is 5.12. The number of ether oxygens (including phenoxy) is 1. The summed E-state index contributed by atoms with van der Waals surface area (Å²) >= 11 is 0. The molecule has 0 aliphatic rings. The molecule has 0 saturated heterocycles. The SMILES string of the molecule is O=C(Nc1ccccc1)OCCNCc1ccccc1. The van der Waals surface area contributed by atoms with Crippen molar-refractivity contribution >= 4 is 11.8 Å². The molecule has 0 radical (unpaired) electrons. The zero-order valence-electron chi connectivity index (χ0n) is 11.2. The summed E-state index contributed by atoms with van der Waals surface area (Å²) in [5.74, 6) is 0. The van der Waals surface area contributed by atoms with Crippen molar-refractivity contribution in [2.75, 3.05) is 18.5 Å². The Hall–Kier alpha value is -2.33. The van der Waals surface area contributed by atoms with E-state index in [1.807, 2.05) is 48.5 Å². The fourth-order valence-electron chi connectivity index (χ4n) is 1.72. The van der Waals surface area contributed by atoms with E-state index in [1.54, 1.807) is 0 Å². The van der Waals surface area contributed by atoms with Crippen LogP contribution in [0.25, 0.3) is 0 Å². The highest BCUT2D eigenvalue weighted by molar-refractivity contribution is 5.84. The topological polar surface area (TPSA) is 50.4 Å². The minimum Gasteiger partial charge on any atom is -0.448 e. The standard InChI is InChI=1S/C16H18N2O2/c19-16(18-15-9-5-2-6-10-15)20-12-11-17-13-14-7-3-1-4-8-14/h1-10,17H,11-13H2,(H,18,19). The van der Waals surface area contributed by atoms with Gasteiger partial charge < -0.3 is 10.1 Å². The van der Waals surface area contributed by atoms with E-state index in [-0.39, 0.29) is 0 Å². The summed E-state index contributed by atoms with van der Waals surface area (Å²) < 4.78 is 5.07. The lowest BCUT2D eigenvalue weighted by atomic mass is 10.2. The van der Waals surface area contributed by atoms with E-state index in [0.29, 0.717) is 13.2 Å². The molecule has 2 rings (SSSR count). The van der Waals surface area contributed by atoms with Gasteiger partial charge in [-0.3, -0.25) is 5.32 Å². The fraction of sp³-hybridized carbons (Fsp3) is 0.188. The largest absolute Gasteiger partial charge is 0.448 e. The maximum Gasteiger partial charge on any atom is 0.411 e. The summed E-state index contributed by atoms with van der Waals surface area (Å²) in [4.78, 5) is 11.5. The highest BCUT2D eigenvalue weighted by Gasteiger charge is 2.01. The molecule has 4 nitrogen and oxygen atoms in total. The zero-order chi connectivity index (χ0) is 14.0. The van der Waals surface area contributed by atoms with Crippen LogP contribution in [0.4, 0.5) is 10.5 Å². The smallest absolute Gasteiger partial charge is 0.411 e. The number of hydrogen-bond donors (Lipinski definition) is 2. The highest BCUT2D eigenvalue weighted by atomic mass is 16.5. The molecule has 0 atom stereocenters. The molecule has 0 spiro atoms. The van der Waals surface area contributed by atoms with E-state index >= 15 is 0 Å². The van der Waals surface area contributed by atoms with Gasteiger partial charge in [-0.05, 0) is 17.7 Å². The number of nitrogens with one attached hydrogen (secondary N) is 2. The maximum atomic E-state index is 11.5. The van der Waals surface area contributed by atoms with E-state index in [9.17, 15) is 4.79 Å². The van der Waals surface area contributed by atoms with Gasteiger partial charge in [-0.15, -0.1) is 0 Å². The van der Waals surface area contributed by atoms with Crippen molar-refractivity contribution in [3.05, 3.63) is 66.2 Å². The van der Waals surface area contributed by atoms with Crippen LogP contribution in [0.1, 0.15) is 5.56 Å². The number of amides is 1. The Morgan fingerprint density at radius 2 is 1.60 bits per heavy atom. The molecule has 0 aliphatic carbocycles. The lowest BCUT2D eigenvalue weighted by Gasteiger charge is -2.08. The molecule has 20 heavy (non-hydrogen) atoms. The normalized spacial score (nSPS) is 10.0. The second-order valence-electron chi connectivity index (χ2n) is 4.29. The fourth-order valence-corrected chi connectivity index (χ4v) is 1.72. The van der Waals surface area contributed by atoms with Crippen LogP contribution in [0, 0.1) is 0 Å². The first-order chi connectivity index (χ1) is 9.84. The molecule has 4 heteroatoms. The summed E-state index contributed by atoms with van der Waals surface area (Å²) in [6, 6.07) is 19.3. The van der Waals surface area contributed by atoms with Gasteiger partial charge in [-0.1, -0.05) is 48.5 Å². The molecule has 0 aliphatic heterocycles. The lowest BCUT2D eigenvalue weighted by molar-refractivity contribution is 0.162. The van der Waals surface area contributed by atoms with E-state index in [0.717, 1.165) is 12.2 Å². The van der Waals surface area contributed by atoms with Crippen LogP contribution < -0.4 is 10.6 Å². The molecule has 1 amide bonds. The van der Waals surface area contributed by atoms with Gasteiger partial charge in [0, 0.05) is 18.8 Å². The number of para-hydroxylation sites is 1. The first kappa shape index (κ1) is 14.1. The molecule has 104 valence electrons. The Morgan fingerprint density at radius 3 is 2.30 bits per heavy atom. The van der Waals surface area contributed by atoms with Gasteiger partial charge in [-0.2, -0.15) is 0 Å². The molecule has 0 heterocycles. The molecule has 0 fully saturated rings. The third-order valence-electron chi connectivity index (χ3n) is 2.70. The molecular weight excluding hydrogens is 252 g/mol. The molecule has 0 unspecified atom stereocenters. The summed E-state index contributed by atoms with van der Waals surface area (Å²) in [7, 11) is 0. The predicted octanol–water partition coefficient (Wildman–Crippen LogP) is 3.02. The van der Waals surface area contributed by atoms with Gasteiger partial charge >= 0.3 is 6.09 Å². The summed E-state index contributed by atoms with van der Waals surface area (Å²) in [5, 5.41) is 5.88. The highest BCUT2D eigenvalue weighted by Crippen LogP contribution is 2.04. The van der Waals surface area contributed by atoms with E-state index in [1.165, 1.54) is 5.56 Å². The molecule has 0 bridgehead atoms. The number of carbonyl (C=O) groups excluding carboxylic acids is 1. The van der Waals surface area contributed by atoms with Crippen molar-refractivity contribution in [2.45, 2.75) is 6.54 Å². The van der Waals surface area contributed by atoms with Gasteiger partial charge in [-0.25, -0.2) is 4.79 Å². The summed E-state index contributed by atoms with van der Waals surface area (Å²) in [5.41, 5.74) is 1.94. The maximum absolute atomic E-state index is 11.5. The van der Waals surface area contributed by atoms with E-state index in [4.69, 9.17) is 4.74 Å². The Bertz CT molecular complexity index is 515. The monoisotopic (exact) mass is 270 g/mol. The second-order valence-corrected chi connectivity index (χ2v) is 4.29. The predicted molar refractivity (Wildman–Crippen MR) is 79.6 cm³/mol. The first-order valence-corrected chi connectivity index (χ1v) is 6.58. The Kier molecular flexibility index (Phi) is 5.61. The average Bonchev–Trinajstić information content (AvgIpc) is 2.49.